The molecule has 0 saturated heterocycles. The fraction of sp³-hybridized carbons (Fsp3) is 0.714. The third-order valence-electron chi connectivity index (χ3n) is 1.47. The van der Waals surface area contributed by atoms with Gasteiger partial charge in [0.15, 0.2) is 9.84 Å². The number of rotatable bonds is 5. The molecule has 14 heavy (non-hydrogen) atoms. The van der Waals surface area contributed by atoms with Crippen molar-refractivity contribution in [2.75, 3.05) is 25.6 Å². The smallest absolute Gasteiger partial charge is 0.318 e. The Morgan fingerprint density at radius 3 is 2.14 bits per heavy atom. The summed E-state index contributed by atoms with van der Waals surface area (Å²) < 4.78 is 22.0. The SMILES string of the molecule is CN(C)C(=O)CCS(=O)(=O)CC(=O)O. The topological polar surface area (TPSA) is 91.8 Å². The minimum absolute atomic E-state index is 0.178. The fourth-order valence-corrected chi connectivity index (χ4v) is 1.73. The molecule has 0 radical (unpaired) electrons. The highest BCUT2D eigenvalue weighted by Crippen LogP contribution is 1.96. The van der Waals surface area contributed by atoms with Gasteiger partial charge in [-0.3, -0.25) is 9.59 Å². The summed E-state index contributed by atoms with van der Waals surface area (Å²) in [5.74, 6) is -3.08. The Morgan fingerprint density at radius 1 is 1.29 bits per heavy atom. The number of hydrogen-bond donors (Lipinski definition) is 1. The van der Waals surface area contributed by atoms with Crippen molar-refractivity contribution >= 4 is 21.7 Å². The van der Waals surface area contributed by atoms with E-state index in [2.05, 4.69) is 0 Å². The summed E-state index contributed by atoms with van der Waals surface area (Å²) in [4.78, 5) is 22.4. The summed E-state index contributed by atoms with van der Waals surface area (Å²) in [6.07, 6.45) is -0.178. The summed E-state index contributed by atoms with van der Waals surface area (Å²) in [6.45, 7) is 0. The van der Waals surface area contributed by atoms with E-state index in [0.717, 1.165) is 0 Å². The van der Waals surface area contributed by atoms with Crippen LogP contribution in [0.4, 0.5) is 0 Å². The maximum atomic E-state index is 11.0. The van der Waals surface area contributed by atoms with Crippen molar-refractivity contribution < 1.29 is 23.1 Å². The number of carbonyl (C=O) groups excluding carboxylic acids is 1. The summed E-state index contributed by atoms with van der Waals surface area (Å²) >= 11 is 0. The van der Waals surface area contributed by atoms with E-state index in [0.29, 0.717) is 0 Å². The first-order valence-corrected chi connectivity index (χ1v) is 5.69. The van der Waals surface area contributed by atoms with Crippen LogP contribution in [-0.4, -0.2) is 55.9 Å². The van der Waals surface area contributed by atoms with E-state index in [-0.39, 0.29) is 12.3 Å². The highest BCUT2D eigenvalue weighted by Gasteiger charge is 2.17. The number of carbonyl (C=O) groups is 2. The summed E-state index contributed by atoms with van der Waals surface area (Å²) in [5, 5.41) is 8.25. The van der Waals surface area contributed by atoms with Gasteiger partial charge in [0, 0.05) is 20.5 Å². The molecule has 0 rings (SSSR count). The van der Waals surface area contributed by atoms with E-state index in [1.54, 1.807) is 0 Å². The second kappa shape index (κ2) is 4.94. The molecule has 0 fully saturated rings. The number of hydrogen-bond acceptors (Lipinski definition) is 4. The molecule has 0 bridgehead atoms. The maximum Gasteiger partial charge on any atom is 0.318 e. The Balaban J connectivity index is 4.13. The molecule has 0 aliphatic heterocycles. The maximum absolute atomic E-state index is 11.0. The zero-order chi connectivity index (χ0) is 11.4. The van der Waals surface area contributed by atoms with Gasteiger partial charge < -0.3 is 10.0 Å². The van der Waals surface area contributed by atoms with Gasteiger partial charge in [-0.25, -0.2) is 8.42 Å². The van der Waals surface area contributed by atoms with Crippen LogP contribution in [0.25, 0.3) is 0 Å². The van der Waals surface area contributed by atoms with Gasteiger partial charge in [0.1, 0.15) is 5.75 Å². The highest BCUT2D eigenvalue weighted by atomic mass is 32.2. The normalized spacial score (nSPS) is 11.0. The molecular weight excluding hydrogens is 210 g/mol. The van der Waals surface area contributed by atoms with Gasteiger partial charge >= 0.3 is 5.97 Å². The third-order valence-corrected chi connectivity index (χ3v) is 2.98. The quantitative estimate of drug-likeness (QED) is 0.643. The molecule has 0 spiro atoms. The van der Waals surface area contributed by atoms with Crippen LogP contribution in [0, 0.1) is 0 Å². The van der Waals surface area contributed by atoms with Crippen LogP contribution in [0.5, 0.6) is 0 Å². The monoisotopic (exact) mass is 223 g/mol. The van der Waals surface area contributed by atoms with E-state index in [1.165, 1.54) is 19.0 Å². The number of carboxylic acid groups (broad SMARTS) is 1. The molecule has 6 nitrogen and oxygen atoms in total. The molecule has 82 valence electrons. The molecule has 0 aromatic carbocycles. The van der Waals surface area contributed by atoms with Crippen LogP contribution in [-0.2, 0) is 19.4 Å². The molecule has 1 N–H and O–H groups in total. The first kappa shape index (κ1) is 12.9. The number of sulfone groups is 1. The average molecular weight is 223 g/mol. The standard InChI is InChI=1S/C7H13NO5S/c1-8(2)6(9)3-4-14(12,13)5-7(10)11/h3-5H2,1-2H3,(H,10,11). The van der Waals surface area contributed by atoms with Gasteiger partial charge in [-0.15, -0.1) is 0 Å². The second-order valence-corrected chi connectivity index (χ2v) is 5.21. The van der Waals surface area contributed by atoms with Crippen molar-refractivity contribution in [3.63, 3.8) is 0 Å². The third kappa shape index (κ3) is 5.52. The molecule has 0 aromatic rings. The zero-order valence-corrected chi connectivity index (χ0v) is 8.87. The fourth-order valence-electron chi connectivity index (χ4n) is 0.727. The predicted molar refractivity (Wildman–Crippen MR) is 49.6 cm³/mol. The zero-order valence-electron chi connectivity index (χ0n) is 8.06. The Hall–Kier alpha value is -1.11. The van der Waals surface area contributed by atoms with Gasteiger partial charge in [0.05, 0.1) is 5.75 Å². The largest absolute Gasteiger partial charge is 0.480 e. The first-order valence-electron chi connectivity index (χ1n) is 3.87. The number of aliphatic carboxylic acids is 1. The van der Waals surface area contributed by atoms with Crippen LogP contribution in [0.1, 0.15) is 6.42 Å². The van der Waals surface area contributed by atoms with Crippen molar-refractivity contribution in [3.8, 4) is 0 Å². The molecule has 0 heterocycles. The van der Waals surface area contributed by atoms with Crippen molar-refractivity contribution in [2.24, 2.45) is 0 Å². The van der Waals surface area contributed by atoms with E-state index in [9.17, 15) is 18.0 Å². The lowest BCUT2D eigenvalue weighted by Gasteiger charge is -2.09. The lowest BCUT2D eigenvalue weighted by atomic mass is 10.4. The minimum atomic E-state index is -3.66. The Bertz CT molecular complexity index is 319. The van der Waals surface area contributed by atoms with Crippen molar-refractivity contribution in [2.45, 2.75) is 6.42 Å². The molecule has 0 saturated carbocycles. The predicted octanol–water partition coefficient (Wildman–Crippen LogP) is -1.04. The summed E-state index contributed by atoms with van der Waals surface area (Å²) in [7, 11) is -0.644. The van der Waals surface area contributed by atoms with Crippen molar-refractivity contribution in [1.82, 2.24) is 4.90 Å². The van der Waals surface area contributed by atoms with Gasteiger partial charge in [0.25, 0.3) is 0 Å². The van der Waals surface area contributed by atoms with Crippen molar-refractivity contribution in [3.05, 3.63) is 0 Å². The van der Waals surface area contributed by atoms with Crippen LogP contribution < -0.4 is 0 Å². The molecule has 0 unspecified atom stereocenters. The highest BCUT2D eigenvalue weighted by molar-refractivity contribution is 7.92. The van der Waals surface area contributed by atoms with Gasteiger partial charge in [0.2, 0.25) is 5.91 Å². The molecule has 0 aromatic heterocycles. The molecule has 0 aliphatic rings. The molecular formula is C7H13NO5S. The Labute approximate surface area is 82.4 Å². The average Bonchev–Trinajstić information content (AvgIpc) is 1.97. The van der Waals surface area contributed by atoms with Crippen LogP contribution in [0.3, 0.4) is 0 Å². The molecule has 1 amide bonds. The minimum Gasteiger partial charge on any atom is -0.480 e. The van der Waals surface area contributed by atoms with E-state index in [1.807, 2.05) is 0 Å². The number of amides is 1. The lowest BCUT2D eigenvalue weighted by molar-refractivity contribution is -0.134. The summed E-state index contributed by atoms with van der Waals surface area (Å²) in [6, 6.07) is 0. The summed E-state index contributed by atoms with van der Waals surface area (Å²) in [5.41, 5.74) is 0. The van der Waals surface area contributed by atoms with Crippen LogP contribution in [0.15, 0.2) is 0 Å². The van der Waals surface area contributed by atoms with E-state index >= 15 is 0 Å². The van der Waals surface area contributed by atoms with E-state index in [4.69, 9.17) is 5.11 Å². The van der Waals surface area contributed by atoms with Crippen molar-refractivity contribution in [1.29, 1.82) is 0 Å². The number of nitrogens with zero attached hydrogens (tertiary/aromatic N) is 1. The van der Waals surface area contributed by atoms with Gasteiger partial charge in [-0.1, -0.05) is 0 Å². The van der Waals surface area contributed by atoms with E-state index < -0.39 is 27.3 Å². The Morgan fingerprint density at radius 2 is 1.79 bits per heavy atom. The second-order valence-electron chi connectivity index (χ2n) is 3.02. The number of carboxylic acids is 1. The Kier molecular flexibility index (Phi) is 4.55. The van der Waals surface area contributed by atoms with Crippen LogP contribution in [0.2, 0.25) is 0 Å². The van der Waals surface area contributed by atoms with Gasteiger partial charge in [-0.2, -0.15) is 0 Å². The molecule has 0 atom stereocenters. The first-order chi connectivity index (χ1) is 6.24. The molecule has 7 heteroatoms. The molecule has 0 aliphatic carbocycles. The van der Waals surface area contributed by atoms with Crippen LogP contribution >= 0.6 is 0 Å². The lowest BCUT2D eigenvalue weighted by Crippen LogP contribution is -2.26. The van der Waals surface area contributed by atoms with Gasteiger partial charge in [-0.05, 0) is 0 Å².